The Labute approximate surface area is 120 Å². The molecule has 2 rings (SSSR count). The number of hydrogen-bond donors (Lipinski definition) is 1. The Morgan fingerprint density at radius 1 is 1.20 bits per heavy atom. The maximum absolute atomic E-state index is 13.7. The van der Waals surface area contributed by atoms with E-state index in [0.717, 1.165) is 25.1 Å². The van der Waals surface area contributed by atoms with Crippen molar-refractivity contribution in [1.82, 2.24) is 15.5 Å². The number of halogens is 3. The second-order valence-corrected chi connectivity index (χ2v) is 4.65. The fourth-order valence-electron chi connectivity index (χ4n) is 1.65. The van der Waals surface area contributed by atoms with Gasteiger partial charge in [-0.15, -0.1) is 10.2 Å². The summed E-state index contributed by atoms with van der Waals surface area (Å²) in [5.74, 6) is -1.11. The number of aromatic nitrogens is 2. The highest BCUT2D eigenvalue weighted by atomic mass is 35.5. The Balaban J connectivity index is 2.10. The molecule has 0 unspecified atom stereocenters. The molecule has 20 heavy (non-hydrogen) atoms. The summed E-state index contributed by atoms with van der Waals surface area (Å²) in [7, 11) is 0. The lowest BCUT2D eigenvalue weighted by molar-refractivity contribution is 0.490. The maximum Gasteiger partial charge on any atom is 0.250 e. The van der Waals surface area contributed by atoms with Crippen LogP contribution in [-0.2, 0) is 6.42 Å². The summed E-state index contributed by atoms with van der Waals surface area (Å²) < 4.78 is 32.3. The van der Waals surface area contributed by atoms with Crippen LogP contribution in [0.1, 0.15) is 19.2 Å². The normalized spacial score (nSPS) is 11.0. The van der Waals surface area contributed by atoms with E-state index in [1.165, 1.54) is 0 Å². The highest BCUT2D eigenvalue weighted by Gasteiger charge is 2.16. The van der Waals surface area contributed by atoms with Crippen LogP contribution >= 0.6 is 11.6 Å². The zero-order chi connectivity index (χ0) is 14.5. The standard InChI is InChI=1S/C13H14ClF2N3O/c1-2-4-17-5-3-12-18-19-13(20-12)8-6-11(16)9(14)7-10(8)15/h6-7,17H,2-5H2,1H3. The van der Waals surface area contributed by atoms with E-state index in [-0.39, 0.29) is 16.5 Å². The van der Waals surface area contributed by atoms with E-state index in [9.17, 15) is 8.78 Å². The predicted molar refractivity (Wildman–Crippen MR) is 71.5 cm³/mol. The Hall–Kier alpha value is -1.53. The van der Waals surface area contributed by atoms with E-state index in [2.05, 4.69) is 22.4 Å². The molecule has 1 heterocycles. The van der Waals surface area contributed by atoms with Gasteiger partial charge < -0.3 is 9.73 Å². The van der Waals surface area contributed by atoms with Crippen molar-refractivity contribution >= 4 is 11.6 Å². The molecule has 0 atom stereocenters. The molecule has 4 nitrogen and oxygen atoms in total. The molecule has 0 spiro atoms. The first kappa shape index (κ1) is 14.9. The van der Waals surface area contributed by atoms with Crippen LogP contribution in [0.5, 0.6) is 0 Å². The van der Waals surface area contributed by atoms with Crippen molar-refractivity contribution in [3.63, 3.8) is 0 Å². The minimum absolute atomic E-state index is 0.0523. The van der Waals surface area contributed by atoms with Gasteiger partial charge in [-0.1, -0.05) is 18.5 Å². The van der Waals surface area contributed by atoms with Gasteiger partial charge in [0.1, 0.15) is 11.6 Å². The van der Waals surface area contributed by atoms with E-state index in [4.69, 9.17) is 16.0 Å². The van der Waals surface area contributed by atoms with Crippen molar-refractivity contribution in [2.75, 3.05) is 13.1 Å². The first-order valence-corrected chi connectivity index (χ1v) is 6.67. The maximum atomic E-state index is 13.7. The Morgan fingerprint density at radius 3 is 2.75 bits per heavy atom. The van der Waals surface area contributed by atoms with Gasteiger partial charge in [0.05, 0.1) is 10.6 Å². The third kappa shape index (κ3) is 3.52. The van der Waals surface area contributed by atoms with Crippen LogP contribution in [0.15, 0.2) is 16.5 Å². The van der Waals surface area contributed by atoms with Gasteiger partial charge in [0.25, 0.3) is 5.89 Å². The molecule has 0 aliphatic rings. The molecule has 0 aliphatic carbocycles. The summed E-state index contributed by atoms with van der Waals surface area (Å²) in [6.07, 6.45) is 1.56. The summed E-state index contributed by atoms with van der Waals surface area (Å²) in [5.41, 5.74) is -0.0906. The molecule has 0 aliphatic heterocycles. The van der Waals surface area contributed by atoms with Crippen molar-refractivity contribution < 1.29 is 13.2 Å². The smallest absolute Gasteiger partial charge is 0.250 e. The fourth-order valence-corrected chi connectivity index (χ4v) is 1.80. The molecule has 1 aromatic carbocycles. The lowest BCUT2D eigenvalue weighted by Crippen LogP contribution is -2.17. The minimum atomic E-state index is -0.729. The molecule has 0 saturated carbocycles. The van der Waals surface area contributed by atoms with Gasteiger partial charge in [-0.3, -0.25) is 0 Å². The van der Waals surface area contributed by atoms with Gasteiger partial charge in [0.15, 0.2) is 0 Å². The van der Waals surface area contributed by atoms with Crippen LogP contribution in [0.4, 0.5) is 8.78 Å². The molecule has 2 aromatic rings. The van der Waals surface area contributed by atoms with Gasteiger partial charge in [-0.25, -0.2) is 8.78 Å². The van der Waals surface area contributed by atoms with Crippen LogP contribution < -0.4 is 5.32 Å². The zero-order valence-corrected chi connectivity index (χ0v) is 11.7. The summed E-state index contributed by atoms with van der Waals surface area (Å²) in [6, 6.07) is 1.84. The van der Waals surface area contributed by atoms with E-state index in [1.54, 1.807) is 0 Å². The van der Waals surface area contributed by atoms with Crippen LogP contribution in [0.3, 0.4) is 0 Å². The van der Waals surface area contributed by atoms with E-state index in [0.29, 0.717) is 18.9 Å². The molecule has 1 aromatic heterocycles. The lowest BCUT2D eigenvalue weighted by Gasteiger charge is -2.00. The molecule has 1 N–H and O–H groups in total. The van der Waals surface area contributed by atoms with Gasteiger partial charge in [0.2, 0.25) is 5.89 Å². The molecule has 108 valence electrons. The molecule has 7 heteroatoms. The highest BCUT2D eigenvalue weighted by molar-refractivity contribution is 6.30. The number of hydrogen-bond acceptors (Lipinski definition) is 4. The molecule has 0 radical (unpaired) electrons. The molecule has 0 fully saturated rings. The third-order valence-electron chi connectivity index (χ3n) is 2.65. The van der Waals surface area contributed by atoms with Crippen LogP contribution in [0.25, 0.3) is 11.5 Å². The first-order chi connectivity index (χ1) is 9.61. The summed E-state index contributed by atoms with van der Waals surface area (Å²) in [4.78, 5) is 0. The Kier molecular flexibility index (Phi) is 5.03. The highest BCUT2D eigenvalue weighted by Crippen LogP contribution is 2.26. The minimum Gasteiger partial charge on any atom is -0.421 e. The molecule has 0 amide bonds. The first-order valence-electron chi connectivity index (χ1n) is 6.29. The van der Waals surface area contributed by atoms with E-state index < -0.39 is 11.6 Å². The second-order valence-electron chi connectivity index (χ2n) is 4.25. The van der Waals surface area contributed by atoms with Gasteiger partial charge in [0, 0.05) is 13.0 Å². The molecular weight excluding hydrogens is 288 g/mol. The average Bonchev–Trinajstić information content (AvgIpc) is 2.87. The summed E-state index contributed by atoms with van der Waals surface area (Å²) in [5, 5.41) is 10.4. The van der Waals surface area contributed by atoms with Crippen molar-refractivity contribution in [1.29, 1.82) is 0 Å². The van der Waals surface area contributed by atoms with Crippen LogP contribution in [-0.4, -0.2) is 23.3 Å². The largest absolute Gasteiger partial charge is 0.421 e. The lowest BCUT2D eigenvalue weighted by atomic mass is 10.2. The average molecular weight is 302 g/mol. The van der Waals surface area contributed by atoms with E-state index >= 15 is 0 Å². The third-order valence-corrected chi connectivity index (χ3v) is 2.94. The topological polar surface area (TPSA) is 51.0 Å². The monoisotopic (exact) mass is 301 g/mol. The number of nitrogens with zero attached hydrogens (tertiary/aromatic N) is 2. The van der Waals surface area contributed by atoms with Crippen molar-refractivity contribution in [2.45, 2.75) is 19.8 Å². The number of rotatable bonds is 6. The second kappa shape index (κ2) is 6.76. The molecular formula is C13H14ClF2N3O. The summed E-state index contributed by atoms with van der Waals surface area (Å²) >= 11 is 5.49. The van der Waals surface area contributed by atoms with Crippen molar-refractivity contribution in [3.8, 4) is 11.5 Å². The van der Waals surface area contributed by atoms with Gasteiger partial charge in [-0.2, -0.15) is 0 Å². The quantitative estimate of drug-likeness (QED) is 0.657. The number of nitrogens with one attached hydrogen (secondary N) is 1. The van der Waals surface area contributed by atoms with Crippen molar-refractivity contribution in [2.24, 2.45) is 0 Å². The van der Waals surface area contributed by atoms with Crippen molar-refractivity contribution in [3.05, 3.63) is 34.7 Å². The zero-order valence-electron chi connectivity index (χ0n) is 10.9. The van der Waals surface area contributed by atoms with E-state index in [1.807, 2.05) is 0 Å². The van der Waals surface area contributed by atoms with Crippen LogP contribution in [0.2, 0.25) is 5.02 Å². The van der Waals surface area contributed by atoms with Gasteiger partial charge in [-0.05, 0) is 25.1 Å². The molecule has 0 bridgehead atoms. The van der Waals surface area contributed by atoms with Crippen LogP contribution in [0, 0.1) is 11.6 Å². The Bertz CT molecular complexity index is 589. The summed E-state index contributed by atoms with van der Waals surface area (Å²) in [6.45, 7) is 3.65. The Morgan fingerprint density at radius 2 is 2.00 bits per heavy atom. The predicted octanol–water partition coefficient (Wildman–Crippen LogP) is 3.21. The number of benzene rings is 1. The SMILES string of the molecule is CCCNCCc1nnc(-c2cc(F)c(Cl)cc2F)o1. The fraction of sp³-hybridized carbons (Fsp3) is 0.385. The van der Waals surface area contributed by atoms with Gasteiger partial charge >= 0.3 is 0 Å². The molecule has 0 saturated heterocycles.